The maximum atomic E-state index is 12.7. The number of fused-ring (bicyclic) bond motifs is 1. The van der Waals surface area contributed by atoms with E-state index in [1.807, 2.05) is 18.2 Å². The second-order valence-corrected chi connectivity index (χ2v) is 9.29. The Hall–Kier alpha value is -3.13. The van der Waals surface area contributed by atoms with Crippen molar-refractivity contribution < 1.29 is 9.53 Å². The minimum absolute atomic E-state index is 0.0602. The number of Topliss-reactive ketones (excluding diaryl/α,β-unsaturated/α-hetero) is 1. The van der Waals surface area contributed by atoms with Crippen LogP contribution in [-0.4, -0.2) is 39.5 Å². The molecule has 1 aliphatic rings. The number of aryl methyl sites for hydroxylation is 1. The Morgan fingerprint density at radius 3 is 2.74 bits per heavy atom. The van der Waals surface area contributed by atoms with Gasteiger partial charge in [0.1, 0.15) is 5.02 Å². The Labute approximate surface area is 203 Å². The number of halogens is 1. The van der Waals surface area contributed by atoms with Gasteiger partial charge in [0.25, 0.3) is 5.56 Å². The molecule has 9 heteroatoms. The lowest BCUT2D eigenvalue weighted by molar-refractivity contribution is -0.124. The van der Waals surface area contributed by atoms with Crippen molar-refractivity contribution in [1.82, 2.24) is 14.5 Å². The van der Waals surface area contributed by atoms with Gasteiger partial charge < -0.3 is 19.5 Å². The largest absolute Gasteiger partial charge is 0.477 e. The highest BCUT2D eigenvalue weighted by molar-refractivity contribution is 6.32. The van der Waals surface area contributed by atoms with Crippen molar-refractivity contribution in [2.24, 2.45) is 13.0 Å². The Morgan fingerprint density at radius 2 is 2.03 bits per heavy atom. The molecule has 0 amide bonds. The Morgan fingerprint density at radius 1 is 1.29 bits per heavy atom. The molecule has 1 fully saturated rings. The van der Waals surface area contributed by atoms with E-state index in [0.29, 0.717) is 29.1 Å². The lowest BCUT2D eigenvalue weighted by atomic mass is 10.00. The van der Waals surface area contributed by atoms with Crippen LogP contribution in [-0.2, 0) is 11.8 Å². The normalized spacial score (nSPS) is 15.4. The van der Waals surface area contributed by atoms with Gasteiger partial charge in [0.05, 0.1) is 11.7 Å². The summed E-state index contributed by atoms with van der Waals surface area (Å²) in [5, 5.41) is 4.49. The predicted octanol–water partition coefficient (Wildman–Crippen LogP) is 4.71. The first kappa shape index (κ1) is 24.0. The van der Waals surface area contributed by atoms with E-state index in [0.717, 1.165) is 42.5 Å². The minimum atomic E-state index is -0.688. The third-order valence-electron chi connectivity index (χ3n) is 6.36. The van der Waals surface area contributed by atoms with Crippen molar-refractivity contribution in [3.63, 3.8) is 0 Å². The van der Waals surface area contributed by atoms with Crippen molar-refractivity contribution in [2.45, 2.75) is 46.1 Å². The number of benzene rings is 1. The number of ether oxygens (including phenoxy) is 1. The van der Waals surface area contributed by atoms with Crippen LogP contribution in [0.2, 0.25) is 5.02 Å². The highest BCUT2D eigenvalue weighted by Crippen LogP contribution is 2.29. The molecule has 3 heterocycles. The second-order valence-electron chi connectivity index (χ2n) is 8.89. The van der Waals surface area contributed by atoms with Gasteiger partial charge in [-0.3, -0.25) is 9.59 Å². The van der Waals surface area contributed by atoms with E-state index in [1.54, 1.807) is 33.2 Å². The second kappa shape index (κ2) is 10.0. The number of anilines is 3. The zero-order valence-electron chi connectivity index (χ0n) is 20.0. The lowest BCUT2D eigenvalue weighted by Gasteiger charge is -2.30. The van der Waals surface area contributed by atoms with E-state index >= 15 is 0 Å². The summed E-state index contributed by atoms with van der Waals surface area (Å²) < 4.78 is 7.22. The first-order chi connectivity index (χ1) is 16.3. The van der Waals surface area contributed by atoms with E-state index in [1.165, 1.54) is 4.57 Å². The number of rotatable bonds is 7. The smallest absolute Gasteiger partial charge is 0.293 e. The van der Waals surface area contributed by atoms with Crippen LogP contribution in [0.15, 0.2) is 35.3 Å². The fourth-order valence-corrected chi connectivity index (χ4v) is 4.24. The topological polar surface area (TPSA) is 89.3 Å². The highest BCUT2D eigenvalue weighted by Gasteiger charge is 2.20. The first-order valence-corrected chi connectivity index (χ1v) is 12.0. The minimum Gasteiger partial charge on any atom is -0.477 e. The summed E-state index contributed by atoms with van der Waals surface area (Å²) >= 11 is 6.39. The van der Waals surface area contributed by atoms with Gasteiger partial charge in [-0.05, 0) is 49.9 Å². The molecular formula is C25H30ClN5O3. The van der Waals surface area contributed by atoms with E-state index in [4.69, 9.17) is 16.3 Å². The Kier molecular flexibility index (Phi) is 7.07. The summed E-state index contributed by atoms with van der Waals surface area (Å²) in [7, 11) is 1.68. The van der Waals surface area contributed by atoms with Crippen LogP contribution in [0.25, 0.3) is 10.9 Å². The summed E-state index contributed by atoms with van der Waals surface area (Å²) in [5.41, 5.74) is 1.21. The molecule has 0 unspecified atom stereocenters. The van der Waals surface area contributed by atoms with Crippen LogP contribution in [0.5, 0.6) is 5.75 Å². The molecule has 1 atom stereocenters. The van der Waals surface area contributed by atoms with E-state index < -0.39 is 6.10 Å². The van der Waals surface area contributed by atoms with Crippen LogP contribution in [0, 0.1) is 5.92 Å². The van der Waals surface area contributed by atoms with Gasteiger partial charge >= 0.3 is 0 Å². The summed E-state index contributed by atoms with van der Waals surface area (Å²) in [6.45, 7) is 7.54. The number of piperidine rings is 1. The molecule has 180 valence electrons. The van der Waals surface area contributed by atoms with Crippen molar-refractivity contribution in [3.8, 4) is 5.75 Å². The molecule has 1 saturated heterocycles. The molecule has 0 bridgehead atoms. The molecule has 0 saturated carbocycles. The first-order valence-electron chi connectivity index (χ1n) is 11.6. The van der Waals surface area contributed by atoms with Crippen molar-refractivity contribution in [1.29, 1.82) is 0 Å². The molecule has 1 aromatic carbocycles. The number of hydrogen-bond acceptors (Lipinski definition) is 7. The SMILES string of the molecule is CCC(=O)[C@@H](C)Oc1cc2cc(Nc3nc(N4CCC(C)CC4)ncc3Cl)ccc2n(C)c1=O. The molecule has 8 nitrogen and oxygen atoms in total. The monoisotopic (exact) mass is 483 g/mol. The van der Waals surface area contributed by atoms with Crippen molar-refractivity contribution in [3.05, 3.63) is 45.8 Å². The van der Waals surface area contributed by atoms with E-state index in [9.17, 15) is 9.59 Å². The maximum absolute atomic E-state index is 12.7. The molecule has 3 aromatic rings. The number of carbonyl (C=O) groups is 1. The zero-order valence-corrected chi connectivity index (χ0v) is 20.7. The molecule has 4 rings (SSSR count). The van der Waals surface area contributed by atoms with Gasteiger partial charge in [-0.2, -0.15) is 4.98 Å². The van der Waals surface area contributed by atoms with E-state index in [2.05, 4.69) is 27.1 Å². The molecule has 0 spiro atoms. The quantitative estimate of drug-likeness (QED) is 0.520. The molecule has 0 aliphatic carbocycles. The van der Waals surface area contributed by atoms with Crippen molar-refractivity contribution in [2.75, 3.05) is 23.3 Å². The summed E-state index contributed by atoms with van der Waals surface area (Å²) in [5.74, 6) is 1.98. The molecule has 34 heavy (non-hydrogen) atoms. The fraction of sp³-hybridized carbons (Fsp3) is 0.440. The number of aromatic nitrogens is 3. The predicted molar refractivity (Wildman–Crippen MR) is 136 cm³/mol. The van der Waals surface area contributed by atoms with Gasteiger partial charge in [-0.15, -0.1) is 0 Å². The summed E-state index contributed by atoms with van der Waals surface area (Å²) in [4.78, 5) is 36.0. The summed E-state index contributed by atoms with van der Waals surface area (Å²) in [6.07, 6.45) is 3.51. The number of hydrogen-bond donors (Lipinski definition) is 1. The van der Waals surface area contributed by atoms with Gasteiger partial charge in [0, 0.05) is 37.6 Å². The molecular weight excluding hydrogens is 454 g/mol. The third kappa shape index (κ3) is 5.01. The zero-order chi connectivity index (χ0) is 24.4. The standard InChI is InChI=1S/C25H30ClN5O3/c1-5-21(32)16(3)34-22-13-17-12-18(6-7-20(17)30(4)24(22)33)28-23-19(26)14-27-25(29-23)31-10-8-15(2)9-11-31/h6-7,12-16H,5,8-11H2,1-4H3,(H,27,28,29)/t16-/m1/s1. The maximum Gasteiger partial charge on any atom is 0.293 e. The average Bonchev–Trinajstić information content (AvgIpc) is 2.83. The number of carbonyl (C=O) groups excluding carboxylic acids is 1. The van der Waals surface area contributed by atoms with Gasteiger partial charge in [0.15, 0.2) is 23.5 Å². The molecule has 1 N–H and O–H groups in total. The number of pyridine rings is 1. The third-order valence-corrected chi connectivity index (χ3v) is 6.63. The molecule has 0 radical (unpaired) electrons. The number of nitrogens with one attached hydrogen (secondary N) is 1. The van der Waals surface area contributed by atoms with Crippen LogP contribution in [0.3, 0.4) is 0 Å². The van der Waals surface area contributed by atoms with Gasteiger partial charge in [0.2, 0.25) is 5.95 Å². The van der Waals surface area contributed by atoms with Gasteiger partial charge in [-0.1, -0.05) is 25.4 Å². The van der Waals surface area contributed by atoms with E-state index in [-0.39, 0.29) is 17.1 Å². The summed E-state index contributed by atoms with van der Waals surface area (Å²) in [6, 6.07) is 7.29. The van der Waals surface area contributed by atoms with Crippen LogP contribution < -0.4 is 20.5 Å². The van der Waals surface area contributed by atoms with Crippen LogP contribution in [0.4, 0.5) is 17.5 Å². The Bertz CT molecular complexity index is 1270. The van der Waals surface area contributed by atoms with Crippen molar-refractivity contribution >= 4 is 45.7 Å². The van der Waals surface area contributed by atoms with Crippen LogP contribution in [0.1, 0.15) is 40.0 Å². The average molecular weight is 484 g/mol. The highest BCUT2D eigenvalue weighted by atomic mass is 35.5. The number of ketones is 1. The lowest BCUT2D eigenvalue weighted by Crippen LogP contribution is -2.34. The molecule has 2 aromatic heterocycles. The molecule has 1 aliphatic heterocycles. The number of nitrogens with zero attached hydrogens (tertiary/aromatic N) is 4. The Balaban J connectivity index is 1.63. The van der Waals surface area contributed by atoms with Gasteiger partial charge in [-0.25, -0.2) is 4.98 Å². The van der Waals surface area contributed by atoms with Crippen LogP contribution >= 0.6 is 11.6 Å². The fourth-order valence-electron chi connectivity index (χ4n) is 4.10.